The minimum absolute atomic E-state index is 0.253. The molecule has 1 aliphatic heterocycles. The van der Waals surface area contributed by atoms with E-state index in [-0.39, 0.29) is 11.7 Å². The van der Waals surface area contributed by atoms with Crippen molar-refractivity contribution in [3.8, 4) is 5.69 Å². The zero-order valence-corrected chi connectivity index (χ0v) is 15.2. The van der Waals surface area contributed by atoms with Gasteiger partial charge in [-0.1, -0.05) is 24.6 Å². The quantitative estimate of drug-likeness (QED) is 0.864. The molecule has 2 heterocycles. The molecule has 27 heavy (non-hydrogen) atoms. The largest absolute Gasteiger partial charge is 0.434 e. The number of alkyl halides is 3. The monoisotopic (exact) mass is 380 g/mol. The summed E-state index contributed by atoms with van der Waals surface area (Å²) in [5.41, 5.74) is -1.27. The van der Waals surface area contributed by atoms with E-state index in [2.05, 4.69) is 15.3 Å². The van der Waals surface area contributed by atoms with Crippen LogP contribution in [0.5, 0.6) is 0 Å². The Morgan fingerprint density at radius 3 is 2.48 bits per heavy atom. The summed E-state index contributed by atoms with van der Waals surface area (Å²) in [7, 11) is 0. The molecule has 1 atom stereocenters. The number of likely N-dealkylation sites (tertiary alicyclic amines) is 1. The third kappa shape index (κ3) is 4.68. The van der Waals surface area contributed by atoms with E-state index in [1.165, 1.54) is 18.6 Å². The normalized spacial score (nSPS) is 16.9. The van der Waals surface area contributed by atoms with E-state index in [0.29, 0.717) is 6.54 Å². The summed E-state index contributed by atoms with van der Waals surface area (Å²) < 4.78 is 41.7. The summed E-state index contributed by atoms with van der Waals surface area (Å²) in [6.45, 7) is 4.35. The topological polar surface area (TPSA) is 50.2 Å². The third-order valence-electron chi connectivity index (χ3n) is 4.64. The van der Waals surface area contributed by atoms with Gasteiger partial charge < -0.3 is 10.2 Å². The zero-order chi connectivity index (χ0) is 19.4. The molecule has 146 valence electrons. The molecule has 1 aromatic carbocycles. The summed E-state index contributed by atoms with van der Waals surface area (Å²) in [6.07, 6.45) is -0.287. The molecule has 5 nitrogen and oxygen atoms in total. The van der Waals surface area contributed by atoms with Crippen molar-refractivity contribution < 1.29 is 18.0 Å². The summed E-state index contributed by atoms with van der Waals surface area (Å²) in [6, 6.07) is 7.73. The number of hydrogen-bond donors (Lipinski definition) is 1. The Morgan fingerprint density at radius 1 is 1.19 bits per heavy atom. The molecule has 1 saturated heterocycles. The number of carbonyl (C=O) groups is 1. The first-order valence-corrected chi connectivity index (χ1v) is 9.10. The molecule has 8 heteroatoms. The lowest BCUT2D eigenvalue weighted by molar-refractivity contribution is -0.143. The Morgan fingerprint density at radius 2 is 1.85 bits per heavy atom. The van der Waals surface area contributed by atoms with Crippen molar-refractivity contribution in [1.29, 1.82) is 0 Å². The highest BCUT2D eigenvalue weighted by Gasteiger charge is 2.40. The lowest BCUT2D eigenvalue weighted by Gasteiger charge is -2.29. The number of piperidine rings is 1. The van der Waals surface area contributed by atoms with E-state index in [4.69, 9.17) is 0 Å². The number of amides is 1. The lowest BCUT2D eigenvalue weighted by Crippen LogP contribution is -2.44. The van der Waals surface area contributed by atoms with E-state index in [9.17, 15) is 18.0 Å². The molecule has 0 unspecified atom stereocenters. The smallest absolute Gasteiger partial charge is 0.348 e. The number of aromatic nitrogens is 2. The first kappa shape index (κ1) is 19.4. The second-order valence-electron chi connectivity index (χ2n) is 6.89. The Kier molecular flexibility index (Phi) is 5.84. The molecular weight excluding hydrogens is 357 g/mol. The highest BCUT2D eigenvalue weighted by atomic mass is 19.4. The lowest BCUT2D eigenvalue weighted by atomic mass is 10.1. The Hall–Kier alpha value is -2.35. The average molecular weight is 380 g/mol. The van der Waals surface area contributed by atoms with E-state index < -0.39 is 23.3 Å². The van der Waals surface area contributed by atoms with Gasteiger partial charge in [-0.3, -0.25) is 4.79 Å². The molecule has 0 aliphatic carbocycles. The van der Waals surface area contributed by atoms with Crippen LogP contribution in [0.4, 0.5) is 13.2 Å². The van der Waals surface area contributed by atoms with E-state index in [1.807, 2.05) is 0 Å². The number of nitrogens with zero attached hydrogens (tertiary/aromatic N) is 3. The Bertz CT molecular complexity index is 767. The summed E-state index contributed by atoms with van der Waals surface area (Å²) >= 11 is 0. The third-order valence-corrected chi connectivity index (χ3v) is 4.64. The molecule has 1 aromatic heterocycles. The SMILES string of the molecule is C[C@H](CN1CCCCC1)NC(=O)c1cnn(-c2ccccc2)c1C(F)(F)F. The van der Waals surface area contributed by atoms with Crippen LogP contribution in [0.25, 0.3) is 5.69 Å². The summed E-state index contributed by atoms with van der Waals surface area (Å²) in [5, 5.41) is 6.51. The highest BCUT2D eigenvalue weighted by Crippen LogP contribution is 2.33. The van der Waals surface area contributed by atoms with Gasteiger partial charge in [-0.15, -0.1) is 0 Å². The van der Waals surface area contributed by atoms with Crippen LogP contribution in [-0.2, 0) is 6.18 Å². The zero-order valence-electron chi connectivity index (χ0n) is 15.2. The van der Waals surface area contributed by atoms with E-state index in [0.717, 1.165) is 36.8 Å². The van der Waals surface area contributed by atoms with Crippen molar-refractivity contribution in [2.75, 3.05) is 19.6 Å². The Labute approximate surface area is 156 Å². The molecule has 0 bridgehead atoms. The van der Waals surface area contributed by atoms with Crippen molar-refractivity contribution in [2.45, 2.75) is 38.4 Å². The fraction of sp³-hybridized carbons (Fsp3) is 0.474. The van der Waals surface area contributed by atoms with Crippen LogP contribution in [-0.4, -0.2) is 46.3 Å². The van der Waals surface area contributed by atoms with Crippen molar-refractivity contribution in [1.82, 2.24) is 20.0 Å². The highest BCUT2D eigenvalue weighted by molar-refractivity contribution is 5.95. The average Bonchev–Trinajstić information content (AvgIpc) is 3.09. The van der Waals surface area contributed by atoms with Gasteiger partial charge in [0.25, 0.3) is 5.91 Å². The van der Waals surface area contributed by atoms with Gasteiger partial charge in [0, 0.05) is 12.6 Å². The molecule has 3 rings (SSSR count). The van der Waals surface area contributed by atoms with Gasteiger partial charge in [0.2, 0.25) is 0 Å². The van der Waals surface area contributed by atoms with Crippen LogP contribution in [0.2, 0.25) is 0 Å². The fourth-order valence-electron chi connectivity index (χ4n) is 3.43. The van der Waals surface area contributed by atoms with Gasteiger partial charge in [-0.25, -0.2) is 4.68 Å². The van der Waals surface area contributed by atoms with Crippen LogP contribution in [0.3, 0.4) is 0 Å². The predicted molar refractivity (Wildman–Crippen MR) is 95.8 cm³/mol. The first-order chi connectivity index (χ1) is 12.9. The molecule has 1 N–H and O–H groups in total. The summed E-state index contributed by atoms with van der Waals surface area (Å²) in [4.78, 5) is 14.8. The van der Waals surface area contributed by atoms with Gasteiger partial charge >= 0.3 is 6.18 Å². The number of para-hydroxylation sites is 1. The van der Waals surface area contributed by atoms with Gasteiger partial charge in [0.05, 0.1) is 17.4 Å². The minimum Gasteiger partial charge on any atom is -0.348 e. The second kappa shape index (κ2) is 8.12. The van der Waals surface area contributed by atoms with Crippen LogP contribution < -0.4 is 5.32 Å². The number of rotatable bonds is 5. The number of benzene rings is 1. The number of carbonyl (C=O) groups excluding carboxylic acids is 1. The second-order valence-corrected chi connectivity index (χ2v) is 6.89. The maximum atomic E-state index is 13.6. The molecule has 0 radical (unpaired) electrons. The van der Waals surface area contributed by atoms with Gasteiger partial charge in [-0.05, 0) is 45.0 Å². The van der Waals surface area contributed by atoms with E-state index in [1.54, 1.807) is 25.1 Å². The first-order valence-electron chi connectivity index (χ1n) is 9.10. The molecule has 1 fully saturated rings. The molecule has 0 spiro atoms. The van der Waals surface area contributed by atoms with Crippen molar-refractivity contribution in [3.63, 3.8) is 0 Å². The summed E-state index contributed by atoms with van der Waals surface area (Å²) in [5.74, 6) is -0.756. The van der Waals surface area contributed by atoms with Crippen molar-refractivity contribution in [3.05, 3.63) is 47.8 Å². The van der Waals surface area contributed by atoms with Crippen LogP contribution in [0.15, 0.2) is 36.5 Å². The van der Waals surface area contributed by atoms with E-state index >= 15 is 0 Å². The molecule has 1 amide bonds. The van der Waals surface area contributed by atoms with Gasteiger partial charge in [0.1, 0.15) is 0 Å². The predicted octanol–water partition coefficient (Wildman–Crippen LogP) is 3.50. The van der Waals surface area contributed by atoms with Crippen LogP contribution in [0, 0.1) is 0 Å². The number of nitrogens with one attached hydrogen (secondary N) is 1. The molecule has 2 aromatic rings. The maximum Gasteiger partial charge on any atom is 0.434 e. The minimum atomic E-state index is -4.70. The van der Waals surface area contributed by atoms with Crippen molar-refractivity contribution in [2.24, 2.45) is 0 Å². The fourth-order valence-corrected chi connectivity index (χ4v) is 3.43. The Balaban J connectivity index is 1.79. The van der Waals surface area contributed by atoms with Crippen molar-refractivity contribution >= 4 is 5.91 Å². The van der Waals surface area contributed by atoms with Gasteiger partial charge in [-0.2, -0.15) is 18.3 Å². The van der Waals surface area contributed by atoms with Gasteiger partial charge in [0.15, 0.2) is 5.69 Å². The molecule has 1 aliphatic rings. The number of hydrogen-bond acceptors (Lipinski definition) is 3. The van der Waals surface area contributed by atoms with Crippen LogP contribution in [0.1, 0.15) is 42.2 Å². The standard InChI is InChI=1S/C19H23F3N4O/c1-14(13-25-10-6-3-7-11-25)24-18(27)16-12-23-26(17(16)19(20,21)22)15-8-4-2-5-9-15/h2,4-5,8-9,12,14H,3,6-7,10-11,13H2,1H3,(H,24,27)/t14-/m1/s1. The van der Waals surface area contributed by atoms with Crippen LogP contribution >= 0.6 is 0 Å². The number of halogens is 3. The maximum absolute atomic E-state index is 13.6. The molecular formula is C19H23F3N4O. The molecule has 0 saturated carbocycles.